The quantitative estimate of drug-likeness (QED) is 0.842. The number of aryl methyl sites for hydroxylation is 2. The van der Waals surface area contributed by atoms with E-state index in [-0.39, 0.29) is 0 Å². The molecule has 0 unspecified atom stereocenters. The van der Waals surface area contributed by atoms with Gasteiger partial charge >= 0.3 is 0 Å². The summed E-state index contributed by atoms with van der Waals surface area (Å²) in [5.74, 6) is 0.870. The second kappa shape index (κ2) is 5.92. The van der Waals surface area contributed by atoms with Gasteiger partial charge in [-0.2, -0.15) is 0 Å². The molecule has 2 rings (SSSR count). The fourth-order valence-corrected chi connectivity index (χ4v) is 2.31. The summed E-state index contributed by atoms with van der Waals surface area (Å²) >= 11 is 5.11. The summed E-state index contributed by atoms with van der Waals surface area (Å²) in [7, 11) is 1.67. The van der Waals surface area contributed by atoms with Crippen molar-refractivity contribution in [3.05, 3.63) is 53.1 Å². The van der Waals surface area contributed by atoms with E-state index in [1.807, 2.05) is 50.2 Å². The first kappa shape index (κ1) is 14.3. The number of methoxy groups -OCH3 is 1. The number of ether oxygens (including phenoxy) is 1. The Morgan fingerprint density at radius 3 is 2.50 bits per heavy atom. The van der Waals surface area contributed by atoms with Crippen LogP contribution in [0.5, 0.6) is 5.75 Å². The van der Waals surface area contributed by atoms with Crippen LogP contribution in [0, 0.1) is 13.8 Å². The molecule has 0 aliphatic carbocycles. The summed E-state index contributed by atoms with van der Waals surface area (Å²) in [5, 5.41) is 3.39. The van der Waals surface area contributed by atoms with E-state index < -0.39 is 0 Å². The van der Waals surface area contributed by atoms with Crippen molar-refractivity contribution in [2.24, 2.45) is 5.73 Å². The molecule has 0 amide bonds. The third-order valence-corrected chi connectivity index (χ3v) is 3.42. The Kier molecular flexibility index (Phi) is 4.25. The fourth-order valence-electron chi connectivity index (χ4n) is 2.14. The van der Waals surface area contributed by atoms with Gasteiger partial charge in [-0.05, 0) is 49.2 Å². The average molecular weight is 286 g/mol. The first-order chi connectivity index (χ1) is 9.52. The Morgan fingerprint density at radius 1 is 1.15 bits per heavy atom. The van der Waals surface area contributed by atoms with E-state index in [4.69, 9.17) is 22.7 Å². The van der Waals surface area contributed by atoms with E-state index in [9.17, 15) is 0 Å². The number of nitrogens with two attached hydrogens (primary N) is 1. The third-order valence-electron chi connectivity index (χ3n) is 3.20. The molecule has 0 aromatic heterocycles. The second-order valence-electron chi connectivity index (χ2n) is 4.67. The maximum Gasteiger partial charge on any atom is 0.121 e. The molecule has 2 aromatic carbocycles. The zero-order chi connectivity index (χ0) is 14.7. The normalized spacial score (nSPS) is 10.2. The minimum Gasteiger partial charge on any atom is -0.496 e. The summed E-state index contributed by atoms with van der Waals surface area (Å²) in [5.41, 5.74) is 10.7. The predicted octanol–water partition coefficient (Wildman–Crippen LogP) is 3.69. The van der Waals surface area contributed by atoms with Crippen LogP contribution < -0.4 is 15.8 Å². The molecule has 0 aliphatic heterocycles. The average Bonchev–Trinajstić information content (AvgIpc) is 2.41. The molecule has 0 bridgehead atoms. The van der Waals surface area contributed by atoms with Crippen molar-refractivity contribution in [2.45, 2.75) is 13.8 Å². The van der Waals surface area contributed by atoms with Crippen molar-refractivity contribution in [3.8, 4) is 5.75 Å². The lowest BCUT2D eigenvalue weighted by Gasteiger charge is -2.15. The summed E-state index contributed by atoms with van der Waals surface area (Å²) in [6.45, 7) is 4.04. The number of hydrogen-bond acceptors (Lipinski definition) is 3. The fraction of sp³-hybridized carbons (Fsp3) is 0.188. The van der Waals surface area contributed by atoms with Gasteiger partial charge < -0.3 is 15.8 Å². The smallest absolute Gasteiger partial charge is 0.121 e. The highest BCUT2D eigenvalue weighted by molar-refractivity contribution is 7.80. The lowest BCUT2D eigenvalue weighted by atomic mass is 10.1. The third kappa shape index (κ3) is 2.91. The van der Waals surface area contributed by atoms with Gasteiger partial charge in [0.15, 0.2) is 0 Å². The molecule has 0 radical (unpaired) electrons. The van der Waals surface area contributed by atoms with Gasteiger partial charge in [0.05, 0.1) is 12.8 Å². The summed E-state index contributed by atoms with van der Waals surface area (Å²) in [6.07, 6.45) is 0. The maximum atomic E-state index is 5.78. The lowest BCUT2D eigenvalue weighted by Crippen LogP contribution is -2.12. The van der Waals surface area contributed by atoms with E-state index >= 15 is 0 Å². The van der Waals surface area contributed by atoms with E-state index in [1.165, 1.54) is 0 Å². The first-order valence-corrected chi connectivity index (χ1v) is 6.75. The van der Waals surface area contributed by atoms with Crippen LogP contribution in [0.2, 0.25) is 0 Å². The Morgan fingerprint density at radius 2 is 1.90 bits per heavy atom. The minimum atomic E-state index is 0.390. The molecule has 104 valence electrons. The Bertz CT molecular complexity index is 653. The number of para-hydroxylation sites is 1. The predicted molar refractivity (Wildman–Crippen MR) is 88.1 cm³/mol. The van der Waals surface area contributed by atoms with Crippen LogP contribution in [0.4, 0.5) is 11.4 Å². The zero-order valence-corrected chi connectivity index (χ0v) is 12.7. The Balaban J connectivity index is 2.39. The molecule has 0 saturated heterocycles. The van der Waals surface area contributed by atoms with Crippen LogP contribution in [0.1, 0.15) is 16.7 Å². The van der Waals surface area contributed by atoms with Crippen LogP contribution in [-0.2, 0) is 0 Å². The standard InChI is InChI=1S/C16H18N2OS/c1-10-5-4-6-13(16(17)20)15(10)18-12-7-8-14(19-3)11(2)9-12/h4-9,18H,1-3H3,(H2,17,20). The molecular weight excluding hydrogens is 268 g/mol. The number of rotatable bonds is 4. The summed E-state index contributed by atoms with van der Waals surface area (Å²) in [6, 6.07) is 11.9. The highest BCUT2D eigenvalue weighted by Crippen LogP contribution is 2.28. The number of benzene rings is 2. The molecule has 0 aliphatic rings. The first-order valence-electron chi connectivity index (χ1n) is 6.34. The van der Waals surface area contributed by atoms with Crippen molar-refractivity contribution in [1.29, 1.82) is 0 Å². The molecule has 0 fully saturated rings. The van der Waals surface area contributed by atoms with Crippen molar-refractivity contribution in [2.75, 3.05) is 12.4 Å². The van der Waals surface area contributed by atoms with Crippen molar-refractivity contribution in [3.63, 3.8) is 0 Å². The van der Waals surface area contributed by atoms with Crippen LogP contribution in [0.15, 0.2) is 36.4 Å². The van der Waals surface area contributed by atoms with Gasteiger partial charge in [-0.25, -0.2) is 0 Å². The van der Waals surface area contributed by atoms with Gasteiger partial charge in [-0.3, -0.25) is 0 Å². The molecule has 3 nitrogen and oxygen atoms in total. The van der Waals surface area contributed by atoms with Crippen LogP contribution in [0.3, 0.4) is 0 Å². The van der Waals surface area contributed by atoms with E-state index in [0.717, 1.165) is 33.8 Å². The highest BCUT2D eigenvalue weighted by atomic mass is 32.1. The minimum absolute atomic E-state index is 0.390. The van der Waals surface area contributed by atoms with Gasteiger partial charge in [-0.1, -0.05) is 24.4 Å². The lowest BCUT2D eigenvalue weighted by molar-refractivity contribution is 0.412. The molecule has 2 aromatic rings. The highest BCUT2D eigenvalue weighted by Gasteiger charge is 2.09. The Hall–Kier alpha value is -2.07. The van der Waals surface area contributed by atoms with Crippen molar-refractivity contribution >= 4 is 28.6 Å². The van der Waals surface area contributed by atoms with Crippen LogP contribution in [-0.4, -0.2) is 12.1 Å². The largest absolute Gasteiger partial charge is 0.496 e. The number of nitrogens with one attached hydrogen (secondary N) is 1. The SMILES string of the molecule is COc1ccc(Nc2c(C)cccc2C(N)=S)cc1C. The van der Waals surface area contributed by atoms with Gasteiger partial charge in [-0.15, -0.1) is 0 Å². The summed E-state index contributed by atoms with van der Waals surface area (Å²) < 4.78 is 5.27. The molecular formula is C16H18N2OS. The van der Waals surface area contributed by atoms with Crippen molar-refractivity contribution in [1.82, 2.24) is 0 Å². The van der Waals surface area contributed by atoms with E-state index in [1.54, 1.807) is 7.11 Å². The molecule has 0 spiro atoms. The number of anilines is 2. The van der Waals surface area contributed by atoms with E-state index in [0.29, 0.717) is 4.99 Å². The second-order valence-corrected chi connectivity index (χ2v) is 5.11. The maximum absolute atomic E-state index is 5.78. The molecule has 0 heterocycles. The molecule has 0 atom stereocenters. The molecule has 20 heavy (non-hydrogen) atoms. The Labute approximate surface area is 124 Å². The number of hydrogen-bond donors (Lipinski definition) is 2. The van der Waals surface area contributed by atoms with Gasteiger partial charge in [0.2, 0.25) is 0 Å². The van der Waals surface area contributed by atoms with Crippen LogP contribution >= 0.6 is 12.2 Å². The number of thiocarbonyl (C=S) groups is 1. The van der Waals surface area contributed by atoms with Gasteiger partial charge in [0.1, 0.15) is 10.7 Å². The van der Waals surface area contributed by atoms with E-state index in [2.05, 4.69) is 5.32 Å². The van der Waals surface area contributed by atoms with Crippen molar-refractivity contribution < 1.29 is 4.74 Å². The zero-order valence-electron chi connectivity index (χ0n) is 11.9. The molecule has 0 saturated carbocycles. The monoisotopic (exact) mass is 286 g/mol. The van der Waals surface area contributed by atoms with Crippen LogP contribution in [0.25, 0.3) is 0 Å². The van der Waals surface area contributed by atoms with Gasteiger partial charge in [0, 0.05) is 11.3 Å². The molecule has 4 heteroatoms. The van der Waals surface area contributed by atoms with Gasteiger partial charge in [0.25, 0.3) is 0 Å². The molecule has 3 N–H and O–H groups in total. The topological polar surface area (TPSA) is 47.3 Å². The summed E-state index contributed by atoms with van der Waals surface area (Å²) in [4.78, 5) is 0.390.